The molecule has 20 heavy (non-hydrogen) atoms. The monoisotopic (exact) mass is 334 g/mol. The third-order valence-corrected chi connectivity index (χ3v) is 3.06. The number of nitrogens with zero attached hydrogens (tertiary/aromatic N) is 1. The third-order valence-electron chi connectivity index (χ3n) is 3.06. The maximum atomic E-state index is 13.6. The van der Waals surface area contributed by atoms with Gasteiger partial charge < -0.3 is 5.32 Å². The van der Waals surface area contributed by atoms with Crippen LogP contribution in [0.25, 0.3) is 0 Å². The third kappa shape index (κ3) is 4.48. The van der Waals surface area contributed by atoms with Gasteiger partial charge in [-0.1, -0.05) is 6.07 Å². The Morgan fingerprint density at radius 1 is 1.05 bits per heavy atom. The van der Waals surface area contributed by atoms with E-state index in [1.165, 1.54) is 4.90 Å². The largest absolute Gasteiger partial charge is 0.314 e. The Bertz CT molecular complexity index is 414. The lowest BCUT2D eigenvalue weighted by Gasteiger charge is -2.34. The standard InChI is InChI=1S/C12H14F4N2.2ClH/c13-8-1-2-9(10(14)7-8)11(12(15)16)18-5-3-17-4-6-18;;/h1-2,7,11-12,17H,3-6H2;2*1H/t11-;;/m1../s1. The summed E-state index contributed by atoms with van der Waals surface area (Å²) in [5.41, 5.74) is -0.145. The first kappa shape index (κ1) is 19.4. The molecule has 0 aliphatic carbocycles. The van der Waals surface area contributed by atoms with Crippen LogP contribution in [0.4, 0.5) is 17.6 Å². The number of alkyl halides is 2. The Hall–Kier alpha value is -0.560. The second kappa shape index (κ2) is 8.67. The van der Waals surface area contributed by atoms with E-state index in [1.807, 2.05) is 0 Å². The van der Waals surface area contributed by atoms with Crippen molar-refractivity contribution in [2.75, 3.05) is 26.2 Å². The highest BCUT2D eigenvalue weighted by atomic mass is 35.5. The van der Waals surface area contributed by atoms with Crippen LogP contribution in [-0.2, 0) is 0 Å². The number of hydrogen-bond donors (Lipinski definition) is 1. The van der Waals surface area contributed by atoms with Crippen LogP contribution >= 0.6 is 24.8 Å². The molecule has 0 spiro atoms. The van der Waals surface area contributed by atoms with Gasteiger partial charge in [-0.15, -0.1) is 24.8 Å². The summed E-state index contributed by atoms with van der Waals surface area (Å²) in [4.78, 5) is 1.53. The lowest BCUT2D eigenvalue weighted by atomic mass is 10.0. The molecule has 1 aromatic carbocycles. The van der Waals surface area contributed by atoms with Crippen LogP contribution in [-0.4, -0.2) is 37.5 Å². The predicted molar refractivity (Wildman–Crippen MR) is 74.0 cm³/mol. The number of rotatable bonds is 3. The van der Waals surface area contributed by atoms with Crippen LogP contribution in [0.3, 0.4) is 0 Å². The van der Waals surface area contributed by atoms with Crippen LogP contribution in [0, 0.1) is 11.6 Å². The SMILES string of the molecule is Cl.Cl.Fc1ccc([C@H](C(F)F)N2CCNCC2)c(F)c1. The molecule has 0 bridgehead atoms. The Kier molecular flexibility index (Phi) is 8.42. The van der Waals surface area contributed by atoms with E-state index in [1.54, 1.807) is 0 Å². The van der Waals surface area contributed by atoms with Gasteiger partial charge in [0.05, 0.1) is 6.04 Å². The zero-order valence-electron chi connectivity index (χ0n) is 10.5. The van der Waals surface area contributed by atoms with Crippen LogP contribution in [0.2, 0.25) is 0 Å². The van der Waals surface area contributed by atoms with Gasteiger partial charge in [-0.2, -0.15) is 0 Å². The molecule has 1 aliphatic rings. The lowest BCUT2D eigenvalue weighted by Crippen LogP contribution is -2.47. The fourth-order valence-electron chi connectivity index (χ4n) is 2.19. The van der Waals surface area contributed by atoms with Crippen LogP contribution < -0.4 is 5.32 Å². The van der Waals surface area contributed by atoms with Crippen molar-refractivity contribution >= 4 is 24.8 Å². The minimum absolute atomic E-state index is 0. The summed E-state index contributed by atoms with van der Waals surface area (Å²) in [7, 11) is 0. The molecule has 1 atom stereocenters. The van der Waals surface area contributed by atoms with Gasteiger partial charge in [0.1, 0.15) is 11.6 Å². The fraction of sp³-hybridized carbons (Fsp3) is 0.500. The first-order valence-corrected chi connectivity index (χ1v) is 5.77. The van der Waals surface area contributed by atoms with Gasteiger partial charge in [0, 0.05) is 37.8 Å². The van der Waals surface area contributed by atoms with Gasteiger partial charge in [0.2, 0.25) is 0 Å². The summed E-state index contributed by atoms with van der Waals surface area (Å²) >= 11 is 0. The van der Waals surface area contributed by atoms with Gasteiger partial charge >= 0.3 is 0 Å². The molecule has 1 N–H and O–H groups in total. The second-order valence-corrected chi connectivity index (χ2v) is 4.23. The minimum atomic E-state index is -2.71. The van der Waals surface area contributed by atoms with E-state index in [4.69, 9.17) is 0 Å². The zero-order chi connectivity index (χ0) is 13.1. The van der Waals surface area contributed by atoms with E-state index in [0.717, 1.165) is 12.1 Å². The van der Waals surface area contributed by atoms with Crippen molar-refractivity contribution in [3.8, 4) is 0 Å². The quantitative estimate of drug-likeness (QED) is 0.855. The maximum absolute atomic E-state index is 13.6. The molecule has 0 amide bonds. The number of benzene rings is 1. The average Bonchev–Trinajstić information content (AvgIpc) is 2.33. The van der Waals surface area contributed by atoms with Crippen molar-refractivity contribution in [3.63, 3.8) is 0 Å². The maximum Gasteiger partial charge on any atom is 0.258 e. The molecule has 0 saturated carbocycles. The predicted octanol–water partition coefficient (Wildman–Crippen LogP) is 3.02. The lowest BCUT2D eigenvalue weighted by molar-refractivity contribution is 0.0163. The van der Waals surface area contributed by atoms with Gasteiger partial charge in [0.15, 0.2) is 0 Å². The molecular weight excluding hydrogens is 319 g/mol. The Labute approximate surface area is 127 Å². The van der Waals surface area contributed by atoms with Crippen LogP contribution in [0.1, 0.15) is 11.6 Å². The van der Waals surface area contributed by atoms with Crippen LogP contribution in [0.15, 0.2) is 18.2 Å². The highest BCUT2D eigenvalue weighted by Crippen LogP contribution is 2.29. The molecule has 1 saturated heterocycles. The summed E-state index contributed by atoms with van der Waals surface area (Å²) in [6.45, 7) is 2.02. The van der Waals surface area contributed by atoms with Crippen molar-refractivity contribution in [3.05, 3.63) is 35.4 Å². The average molecular weight is 335 g/mol. The zero-order valence-corrected chi connectivity index (χ0v) is 12.1. The Balaban J connectivity index is 0.00000180. The fourth-order valence-corrected chi connectivity index (χ4v) is 2.19. The van der Waals surface area contributed by atoms with E-state index in [9.17, 15) is 17.6 Å². The summed E-state index contributed by atoms with van der Waals surface area (Å²) in [6, 6.07) is 1.44. The smallest absolute Gasteiger partial charge is 0.258 e. The number of hydrogen-bond acceptors (Lipinski definition) is 2. The van der Waals surface area contributed by atoms with Gasteiger partial charge in [0.25, 0.3) is 6.43 Å². The van der Waals surface area contributed by atoms with Crippen LogP contribution in [0.5, 0.6) is 0 Å². The molecule has 1 heterocycles. The molecule has 1 aliphatic heterocycles. The summed E-state index contributed by atoms with van der Waals surface area (Å²) in [6.07, 6.45) is -2.71. The molecule has 0 radical (unpaired) electrons. The van der Waals surface area contributed by atoms with Crippen molar-refractivity contribution in [1.82, 2.24) is 10.2 Å². The molecular formula is C12H16Cl2F4N2. The van der Waals surface area contributed by atoms with Gasteiger partial charge in [-0.05, 0) is 6.07 Å². The Morgan fingerprint density at radius 2 is 1.65 bits per heavy atom. The number of piperazine rings is 1. The van der Waals surface area contributed by atoms with E-state index in [2.05, 4.69) is 5.32 Å². The summed E-state index contributed by atoms with van der Waals surface area (Å²) < 4.78 is 52.7. The summed E-state index contributed by atoms with van der Waals surface area (Å²) in [5, 5.41) is 3.04. The first-order valence-electron chi connectivity index (χ1n) is 5.77. The van der Waals surface area contributed by atoms with E-state index in [-0.39, 0.29) is 30.4 Å². The topological polar surface area (TPSA) is 15.3 Å². The van der Waals surface area contributed by atoms with Gasteiger partial charge in [-0.25, -0.2) is 17.6 Å². The molecule has 116 valence electrons. The van der Waals surface area contributed by atoms with Crippen molar-refractivity contribution in [2.24, 2.45) is 0 Å². The van der Waals surface area contributed by atoms with Gasteiger partial charge in [-0.3, -0.25) is 4.90 Å². The van der Waals surface area contributed by atoms with Crippen molar-refractivity contribution in [2.45, 2.75) is 12.5 Å². The number of nitrogens with one attached hydrogen (secondary N) is 1. The normalized spacial score (nSPS) is 17.2. The second-order valence-electron chi connectivity index (χ2n) is 4.23. The molecule has 0 unspecified atom stereocenters. The molecule has 1 aromatic rings. The highest BCUT2D eigenvalue weighted by Gasteiger charge is 2.32. The van der Waals surface area contributed by atoms with Crippen molar-refractivity contribution < 1.29 is 17.6 Å². The highest BCUT2D eigenvalue weighted by molar-refractivity contribution is 5.85. The van der Waals surface area contributed by atoms with E-state index in [0.29, 0.717) is 32.2 Å². The summed E-state index contributed by atoms with van der Waals surface area (Å²) in [5.74, 6) is -1.68. The molecule has 2 nitrogen and oxygen atoms in total. The van der Waals surface area contributed by atoms with E-state index < -0.39 is 24.1 Å². The minimum Gasteiger partial charge on any atom is -0.314 e. The molecule has 0 aromatic heterocycles. The number of halogens is 6. The molecule has 1 fully saturated rings. The molecule has 2 rings (SSSR count). The van der Waals surface area contributed by atoms with E-state index >= 15 is 0 Å². The first-order chi connectivity index (χ1) is 8.59. The Morgan fingerprint density at radius 3 is 2.15 bits per heavy atom. The molecule has 8 heteroatoms. The van der Waals surface area contributed by atoms with Crippen molar-refractivity contribution in [1.29, 1.82) is 0 Å².